The third kappa shape index (κ3) is 7.81. The van der Waals surface area contributed by atoms with E-state index in [1.807, 2.05) is 76.6 Å². The van der Waals surface area contributed by atoms with Crippen molar-refractivity contribution in [3.05, 3.63) is 59.9 Å². The molecule has 2 N–H and O–H groups in total. The molecule has 1 aromatic carbocycles. The number of β-amino-alcohol motifs (C(OH)–C–C–N with tert-alkyl or cyclic N) is 1. The summed E-state index contributed by atoms with van der Waals surface area (Å²) >= 11 is 0. The summed E-state index contributed by atoms with van der Waals surface area (Å²) in [5, 5.41) is 17.5. The second kappa shape index (κ2) is 14.6. The molecule has 3 aromatic rings. The maximum atomic E-state index is 13.9. The van der Waals surface area contributed by atoms with Crippen molar-refractivity contribution in [3.63, 3.8) is 0 Å². The topological polar surface area (TPSA) is 141 Å². The molecule has 0 radical (unpaired) electrons. The van der Waals surface area contributed by atoms with Crippen LogP contribution in [-0.2, 0) is 19.1 Å². The standard InChI is InChI=1S/C31H43N5O7/c1-7-40-28(41-8-2)18-42-27-16-26(43-34-27)29(19(3)4)31(39)36-17-24(37)15-25(36)30(38)33-20(5)22-9-11-23(12-10-22)35-14-13-32-21(35)6/h9-14,16,19-20,24-25,28-29,37H,7-8,15,17-18H2,1-6H3,(H,33,38)/t20-,24+,25-,29+/m0/s1. The maximum Gasteiger partial charge on any atom is 0.254 e. The number of aliphatic hydroxyl groups excluding tert-OH is 1. The first-order chi connectivity index (χ1) is 20.6. The zero-order valence-corrected chi connectivity index (χ0v) is 25.7. The summed E-state index contributed by atoms with van der Waals surface area (Å²) < 4.78 is 24.2. The zero-order valence-electron chi connectivity index (χ0n) is 25.7. The highest BCUT2D eigenvalue weighted by Gasteiger charge is 2.43. The van der Waals surface area contributed by atoms with Gasteiger partial charge in [-0.3, -0.25) is 9.59 Å². The van der Waals surface area contributed by atoms with Gasteiger partial charge in [-0.2, -0.15) is 0 Å². The number of benzene rings is 1. The van der Waals surface area contributed by atoms with E-state index in [9.17, 15) is 14.7 Å². The number of hydrogen-bond acceptors (Lipinski definition) is 9. The monoisotopic (exact) mass is 597 g/mol. The van der Waals surface area contributed by atoms with E-state index in [4.69, 9.17) is 18.7 Å². The van der Waals surface area contributed by atoms with Gasteiger partial charge in [-0.05, 0) is 56.5 Å². The van der Waals surface area contributed by atoms with Crippen molar-refractivity contribution in [2.45, 2.75) is 78.4 Å². The van der Waals surface area contributed by atoms with Gasteiger partial charge in [0.1, 0.15) is 24.4 Å². The lowest BCUT2D eigenvalue weighted by Gasteiger charge is -2.29. The second-order valence-electron chi connectivity index (χ2n) is 11.0. The Kier molecular flexibility index (Phi) is 10.9. The minimum Gasteiger partial charge on any atom is -0.470 e. The first kappa shape index (κ1) is 32.2. The Morgan fingerprint density at radius 1 is 1.14 bits per heavy atom. The van der Waals surface area contributed by atoms with Gasteiger partial charge < -0.3 is 38.6 Å². The van der Waals surface area contributed by atoms with Crippen LogP contribution in [0.2, 0.25) is 0 Å². The lowest BCUT2D eigenvalue weighted by molar-refractivity contribution is -0.153. The molecule has 0 saturated carbocycles. The quantitative estimate of drug-likeness (QED) is 0.267. The lowest BCUT2D eigenvalue weighted by atomic mass is 9.91. The minimum absolute atomic E-state index is 0.0510. The smallest absolute Gasteiger partial charge is 0.254 e. The first-order valence-corrected chi connectivity index (χ1v) is 14.8. The molecule has 3 heterocycles. The van der Waals surface area contributed by atoms with Crippen molar-refractivity contribution in [2.24, 2.45) is 5.92 Å². The predicted molar refractivity (Wildman–Crippen MR) is 158 cm³/mol. The average Bonchev–Trinajstić information content (AvgIpc) is 3.72. The van der Waals surface area contributed by atoms with Gasteiger partial charge in [0.15, 0.2) is 12.1 Å². The molecule has 0 spiro atoms. The zero-order chi connectivity index (χ0) is 31.1. The summed E-state index contributed by atoms with van der Waals surface area (Å²) in [6.45, 7) is 12.4. The van der Waals surface area contributed by atoms with Crippen LogP contribution in [0.3, 0.4) is 0 Å². The Balaban J connectivity index is 1.43. The van der Waals surface area contributed by atoms with Crippen LogP contribution < -0.4 is 10.1 Å². The van der Waals surface area contributed by atoms with E-state index in [1.54, 1.807) is 12.3 Å². The Morgan fingerprint density at radius 2 is 1.84 bits per heavy atom. The number of aryl methyl sites for hydroxylation is 1. The number of amides is 2. The number of rotatable bonds is 14. The van der Waals surface area contributed by atoms with E-state index in [0.717, 1.165) is 17.1 Å². The van der Waals surface area contributed by atoms with Crippen LogP contribution in [0.1, 0.15) is 70.1 Å². The van der Waals surface area contributed by atoms with E-state index < -0.39 is 24.4 Å². The van der Waals surface area contributed by atoms with Crippen LogP contribution in [0.5, 0.6) is 5.88 Å². The summed E-state index contributed by atoms with van der Waals surface area (Å²) in [7, 11) is 0. The summed E-state index contributed by atoms with van der Waals surface area (Å²) in [4.78, 5) is 33.1. The molecule has 4 atom stereocenters. The Hall–Kier alpha value is -3.74. The molecule has 234 valence electrons. The number of carbonyl (C=O) groups is 2. The molecule has 12 heteroatoms. The van der Waals surface area contributed by atoms with Crippen molar-refractivity contribution in [1.82, 2.24) is 24.9 Å². The number of aromatic nitrogens is 3. The van der Waals surface area contributed by atoms with Crippen LogP contribution in [0, 0.1) is 12.8 Å². The van der Waals surface area contributed by atoms with E-state index in [-0.39, 0.29) is 49.2 Å². The van der Waals surface area contributed by atoms with Crippen molar-refractivity contribution < 1.29 is 33.4 Å². The van der Waals surface area contributed by atoms with Crippen molar-refractivity contribution >= 4 is 11.8 Å². The first-order valence-electron chi connectivity index (χ1n) is 14.8. The molecule has 0 unspecified atom stereocenters. The second-order valence-corrected chi connectivity index (χ2v) is 11.0. The number of aliphatic hydroxyl groups is 1. The van der Waals surface area contributed by atoms with E-state index in [2.05, 4.69) is 15.5 Å². The fraction of sp³-hybridized carbons (Fsp3) is 0.548. The van der Waals surface area contributed by atoms with Crippen molar-refractivity contribution in [2.75, 3.05) is 26.4 Å². The van der Waals surface area contributed by atoms with Gasteiger partial charge in [0, 0.05) is 50.3 Å². The highest BCUT2D eigenvalue weighted by atomic mass is 16.7. The van der Waals surface area contributed by atoms with Crippen LogP contribution in [0.25, 0.3) is 5.69 Å². The molecule has 1 aliphatic rings. The molecule has 1 fully saturated rings. The van der Waals surface area contributed by atoms with Gasteiger partial charge in [0.25, 0.3) is 5.88 Å². The molecule has 1 saturated heterocycles. The molecule has 43 heavy (non-hydrogen) atoms. The number of nitrogens with zero attached hydrogens (tertiary/aromatic N) is 4. The van der Waals surface area contributed by atoms with Gasteiger partial charge in [-0.1, -0.05) is 26.0 Å². The number of hydrogen-bond donors (Lipinski definition) is 2. The Labute approximate surface area is 252 Å². The lowest BCUT2D eigenvalue weighted by Crippen LogP contribution is -2.48. The van der Waals surface area contributed by atoms with Gasteiger partial charge in [-0.25, -0.2) is 4.98 Å². The molecule has 2 aromatic heterocycles. The van der Waals surface area contributed by atoms with Crippen LogP contribution in [-0.4, -0.2) is 81.3 Å². The average molecular weight is 598 g/mol. The number of carbonyl (C=O) groups excluding carboxylic acids is 2. The normalized spacial score (nSPS) is 18.3. The largest absolute Gasteiger partial charge is 0.470 e. The van der Waals surface area contributed by atoms with Gasteiger partial charge in [0.05, 0.1) is 12.1 Å². The van der Waals surface area contributed by atoms with Crippen molar-refractivity contribution in [3.8, 4) is 11.6 Å². The molecule has 4 rings (SSSR count). The van der Waals surface area contributed by atoms with Crippen LogP contribution in [0.4, 0.5) is 0 Å². The summed E-state index contributed by atoms with van der Waals surface area (Å²) in [6.07, 6.45) is 2.42. The summed E-state index contributed by atoms with van der Waals surface area (Å²) in [6, 6.07) is 8.29. The van der Waals surface area contributed by atoms with E-state index in [1.165, 1.54) is 4.90 Å². The molecule has 2 amide bonds. The number of imidazole rings is 1. The molecular formula is C31H43N5O7. The SMILES string of the molecule is CCOC(COc1cc([C@H](C(=O)N2C[C@H](O)C[C@H]2C(=O)N[C@@H](C)c2ccc(-n3ccnc3C)cc2)C(C)C)on1)OCC. The number of ether oxygens (including phenoxy) is 3. The Bertz CT molecular complexity index is 1330. The molecular weight excluding hydrogens is 554 g/mol. The fourth-order valence-electron chi connectivity index (χ4n) is 5.34. The van der Waals surface area contributed by atoms with Gasteiger partial charge >= 0.3 is 0 Å². The number of nitrogens with one attached hydrogen (secondary N) is 1. The molecule has 0 bridgehead atoms. The molecule has 0 aliphatic carbocycles. The van der Waals surface area contributed by atoms with Crippen molar-refractivity contribution in [1.29, 1.82) is 0 Å². The predicted octanol–water partition coefficient (Wildman–Crippen LogP) is 3.53. The third-order valence-corrected chi connectivity index (χ3v) is 7.54. The van der Waals surface area contributed by atoms with Gasteiger partial charge in [-0.15, -0.1) is 0 Å². The maximum absolute atomic E-state index is 13.9. The Morgan fingerprint density at radius 3 is 2.44 bits per heavy atom. The van der Waals surface area contributed by atoms with E-state index >= 15 is 0 Å². The summed E-state index contributed by atoms with van der Waals surface area (Å²) in [5.41, 5.74) is 1.88. The van der Waals surface area contributed by atoms with Crippen LogP contribution >= 0.6 is 0 Å². The van der Waals surface area contributed by atoms with E-state index in [0.29, 0.717) is 19.0 Å². The fourth-order valence-corrected chi connectivity index (χ4v) is 5.34. The molecule has 1 aliphatic heterocycles. The van der Waals surface area contributed by atoms with Gasteiger partial charge in [0.2, 0.25) is 11.8 Å². The third-order valence-electron chi connectivity index (χ3n) is 7.54. The van der Waals surface area contributed by atoms with Crippen LogP contribution in [0.15, 0.2) is 47.2 Å². The minimum atomic E-state index is -0.823. The highest BCUT2D eigenvalue weighted by Crippen LogP contribution is 2.32. The summed E-state index contributed by atoms with van der Waals surface area (Å²) in [5.74, 6) is -0.137. The number of likely N-dealkylation sites (tertiary alicyclic amines) is 1. The highest BCUT2D eigenvalue weighted by molar-refractivity contribution is 5.91. The molecule has 12 nitrogen and oxygen atoms in total.